The van der Waals surface area contributed by atoms with Gasteiger partial charge in [-0.3, -0.25) is 0 Å². The Labute approximate surface area is 200 Å². The minimum Gasteiger partial charge on any atom is -0.455 e. The molecule has 7 rings (SSSR count). The normalized spacial score (nSPS) is 13.9. The minimum atomic E-state index is -1.91. The summed E-state index contributed by atoms with van der Waals surface area (Å²) in [5.41, 5.74) is 7.59. The van der Waals surface area contributed by atoms with E-state index < -0.39 is 8.07 Å². The Morgan fingerprint density at radius 2 is 1.74 bits per heavy atom. The van der Waals surface area contributed by atoms with E-state index in [4.69, 9.17) is 9.72 Å². The first kappa shape index (κ1) is 19.9. The zero-order valence-corrected chi connectivity index (χ0v) is 21.1. The molecule has 2 aliphatic rings. The largest absolute Gasteiger partial charge is 0.455 e. The lowest BCUT2D eigenvalue weighted by Gasteiger charge is -2.28. The van der Waals surface area contributed by atoms with Gasteiger partial charge in [0.2, 0.25) is 0 Å². The van der Waals surface area contributed by atoms with E-state index >= 15 is 0 Å². The standard InChI is InChI=1S/C30H27N2OSi/c1-18-22-12-8-9-19-13-14-23(27(19)22)30-26(18)29-28-24(31-17-32(29)2)15-21(16-25(28)33-30)34(3,4)20-10-6-5-7-11-20/h5-12,15-17H,13-14H2,1-4H3/q+1. The third-order valence-electron chi connectivity index (χ3n) is 8.08. The fourth-order valence-electron chi connectivity index (χ4n) is 6.14. The molecular weight excluding hydrogens is 432 g/mol. The van der Waals surface area contributed by atoms with Crippen molar-refractivity contribution in [3.63, 3.8) is 0 Å². The van der Waals surface area contributed by atoms with Crippen LogP contribution in [-0.4, -0.2) is 13.1 Å². The summed E-state index contributed by atoms with van der Waals surface area (Å²) in [5.74, 6) is 2.01. The Balaban J connectivity index is 1.56. The van der Waals surface area contributed by atoms with Gasteiger partial charge in [-0.2, -0.15) is 0 Å². The van der Waals surface area contributed by atoms with Crippen LogP contribution in [0.1, 0.15) is 16.7 Å². The van der Waals surface area contributed by atoms with Crippen molar-refractivity contribution in [2.45, 2.75) is 32.9 Å². The van der Waals surface area contributed by atoms with Crippen LogP contribution < -0.4 is 19.7 Å². The van der Waals surface area contributed by atoms with Crippen LogP contribution in [0.25, 0.3) is 32.9 Å². The molecule has 1 aliphatic heterocycles. The zero-order valence-electron chi connectivity index (χ0n) is 20.1. The number of fused-ring (bicyclic) bond motifs is 3. The molecule has 0 saturated heterocycles. The van der Waals surface area contributed by atoms with E-state index in [1.165, 1.54) is 49.1 Å². The van der Waals surface area contributed by atoms with E-state index in [-0.39, 0.29) is 0 Å². The molecule has 0 unspecified atom stereocenters. The second-order valence-electron chi connectivity index (χ2n) is 10.3. The summed E-state index contributed by atoms with van der Waals surface area (Å²) in [5, 5.41) is 6.67. The number of hydrogen-bond acceptors (Lipinski definition) is 2. The monoisotopic (exact) mass is 459 g/mol. The fraction of sp³-hybridized carbons (Fsp3) is 0.200. The summed E-state index contributed by atoms with van der Waals surface area (Å²) >= 11 is 0. The number of aryl methyl sites for hydroxylation is 4. The Morgan fingerprint density at radius 3 is 2.56 bits per heavy atom. The average molecular weight is 460 g/mol. The Kier molecular flexibility index (Phi) is 3.96. The number of nitrogens with zero attached hydrogens (tertiary/aromatic N) is 2. The van der Waals surface area contributed by atoms with Gasteiger partial charge >= 0.3 is 0 Å². The van der Waals surface area contributed by atoms with Crippen molar-refractivity contribution in [2.24, 2.45) is 7.05 Å². The quantitative estimate of drug-likeness (QED) is 0.262. The maximum absolute atomic E-state index is 6.89. The smallest absolute Gasteiger partial charge is 0.287 e. The first-order chi connectivity index (χ1) is 16.4. The van der Waals surface area contributed by atoms with Crippen molar-refractivity contribution in [1.29, 1.82) is 0 Å². The van der Waals surface area contributed by atoms with Crippen LogP contribution in [0.2, 0.25) is 13.1 Å². The third kappa shape index (κ3) is 2.52. The van der Waals surface area contributed by atoms with E-state index in [9.17, 15) is 0 Å². The number of benzene rings is 4. The molecule has 0 radical (unpaired) electrons. The predicted molar refractivity (Wildman–Crippen MR) is 141 cm³/mol. The van der Waals surface area contributed by atoms with Crippen molar-refractivity contribution in [3.05, 3.63) is 83.7 Å². The van der Waals surface area contributed by atoms with Crippen molar-refractivity contribution >= 4 is 40.1 Å². The molecule has 4 aromatic carbocycles. The third-order valence-corrected chi connectivity index (χ3v) is 11.6. The molecule has 0 bridgehead atoms. The van der Waals surface area contributed by atoms with Crippen molar-refractivity contribution in [2.75, 3.05) is 0 Å². The fourth-order valence-corrected chi connectivity index (χ4v) is 8.49. The van der Waals surface area contributed by atoms with Crippen LogP contribution in [0.5, 0.6) is 11.5 Å². The number of hydrogen-bond donors (Lipinski definition) is 0. The maximum Gasteiger partial charge on any atom is 0.287 e. The number of ether oxygens (including phenoxy) is 1. The van der Waals surface area contributed by atoms with Gasteiger partial charge in [-0.05, 0) is 64.0 Å². The molecule has 0 N–H and O–H groups in total. The van der Waals surface area contributed by atoms with Crippen LogP contribution >= 0.6 is 0 Å². The van der Waals surface area contributed by atoms with E-state index in [1.54, 1.807) is 0 Å². The van der Waals surface area contributed by atoms with Crippen LogP contribution in [0.15, 0.2) is 67.0 Å². The van der Waals surface area contributed by atoms with E-state index in [0.717, 1.165) is 35.2 Å². The van der Waals surface area contributed by atoms with Crippen molar-refractivity contribution < 1.29 is 9.30 Å². The molecule has 0 fully saturated rings. The van der Waals surface area contributed by atoms with Gasteiger partial charge in [-0.1, -0.05) is 66.8 Å². The maximum atomic E-state index is 6.89. The van der Waals surface area contributed by atoms with Crippen LogP contribution in [-0.2, 0) is 19.9 Å². The molecule has 34 heavy (non-hydrogen) atoms. The lowest BCUT2D eigenvalue weighted by molar-refractivity contribution is -0.662. The lowest BCUT2D eigenvalue weighted by atomic mass is 9.90. The molecular formula is C30H27N2OSi+. The number of rotatable bonds is 2. The van der Waals surface area contributed by atoms with Gasteiger partial charge in [0.05, 0.1) is 12.6 Å². The predicted octanol–water partition coefficient (Wildman–Crippen LogP) is 5.21. The van der Waals surface area contributed by atoms with E-state index in [1.807, 2.05) is 6.33 Å². The SMILES string of the molecule is Cc1c2c(c3c4c(cccc14)CC3)Oc1cc([Si](C)(C)c3ccccc3)cc3nc[n+](C)c-2c13. The summed E-state index contributed by atoms with van der Waals surface area (Å²) in [6, 6.07) is 22.3. The average Bonchev–Trinajstić information content (AvgIpc) is 3.29. The first-order valence-electron chi connectivity index (χ1n) is 12.1. The second-order valence-corrected chi connectivity index (χ2v) is 14.7. The molecule has 0 spiro atoms. The van der Waals surface area contributed by atoms with Crippen molar-refractivity contribution in [1.82, 2.24) is 4.98 Å². The van der Waals surface area contributed by atoms with Gasteiger partial charge in [-0.15, -0.1) is 0 Å². The van der Waals surface area contributed by atoms with Gasteiger partial charge in [-0.25, -0.2) is 4.57 Å². The summed E-state index contributed by atoms with van der Waals surface area (Å²) in [6.07, 6.45) is 4.09. The number of aromatic nitrogens is 2. The summed E-state index contributed by atoms with van der Waals surface area (Å²) in [7, 11) is 0.196. The van der Waals surface area contributed by atoms with Gasteiger partial charge in [0.1, 0.15) is 25.0 Å². The first-order valence-corrected chi connectivity index (χ1v) is 15.1. The molecule has 166 valence electrons. The molecule has 1 aromatic heterocycles. The van der Waals surface area contributed by atoms with Crippen molar-refractivity contribution in [3.8, 4) is 22.8 Å². The molecule has 3 nitrogen and oxygen atoms in total. The van der Waals surface area contributed by atoms with Gasteiger partial charge in [0, 0.05) is 5.56 Å². The molecule has 0 atom stereocenters. The Bertz CT molecular complexity index is 1670. The summed E-state index contributed by atoms with van der Waals surface area (Å²) < 4.78 is 9.07. The highest BCUT2D eigenvalue weighted by Gasteiger charge is 2.36. The van der Waals surface area contributed by atoms with E-state index in [2.05, 4.69) is 92.3 Å². The summed E-state index contributed by atoms with van der Waals surface area (Å²) in [6.45, 7) is 7.08. The van der Waals surface area contributed by atoms with E-state index in [0.29, 0.717) is 0 Å². The van der Waals surface area contributed by atoms with Gasteiger partial charge < -0.3 is 4.74 Å². The Morgan fingerprint density at radius 1 is 0.912 bits per heavy atom. The van der Waals surface area contributed by atoms with Gasteiger partial charge in [0.15, 0.2) is 11.2 Å². The topological polar surface area (TPSA) is 26.0 Å². The molecule has 4 heteroatoms. The highest BCUT2D eigenvalue weighted by molar-refractivity contribution is 7.00. The van der Waals surface area contributed by atoms with Crippen LogP contribution in [0.3, 0.4) is 0 Å². The highest BCUT2D eigenvalue weighted by atomic mass is 28.3. The zero-order chi connectivity index (χ0) is 23.2. The van der Waals surface area contributed by atoms with Gasteiger partial charge in [0.25, 0.3) is 6.33 Å². The molecule has 5 aromatic rings. The Hall–Kier alpha value is -3.50. The second kappa shape index (κ2) is 6.77. The van der Waals surface area contributed by atoms with Crippen LogP contribution in [0, 0.1) is 6.92 Å². The minimum absolute atomic E-state index is 0.953. The van der Waals surface area contributed by atoms with Crippen LogP contribution in [0.4, 0.5) is 0 Å². The molecule has 2 heterocycles. The summed E-state index contributed by atoms with van der Waals surface area (Å²) in [4.78, 5) is 4.87. The molecule has 1 aliphatic carbocycles. The highest BCUT2D eigenvalue weighted by Crippen LogP contribution is 2.52. The molecule has 0 amide bonds. The lowest BCUT2D eigenvalue weighted by Crippen LogP contribution is -2.52. The molecule has 0 saturated carbocycles.